The van der Waals surface area contributed by atoms with Crippen LogP contribution in [0.3, 0.4) is 0 Å². The van der Waals surface area contributed by atoms with Gasteiger partial charge in [0.05, 0.1) is 11.2 Å². The lowest BCUT2D eigenvalue weighted by atomic mass is 10.1. The lowest BCUT2D eigenvalue weighted by Crippen LogP contribution is -2.26. The quantitative estimate of drug-likeness (QED) is 0.365. The Morgan fingerprint density at radius 1 is 1.00 bits per heavy atom. The van der Waals surface area contributed by atoms with Crippen LogP contribution in [0.4, 0.5) is 11.6 Å². The average Bonchev–Trinajstić information content (AvgIpc) is 2.55. The maximum Gasteiger partial charge on any atom is 0.230 e. The van der Waals surface area contributed by atoms with Crippen molar-refractivity contribution in [3.05, 3.63) is 59.3 Å². The summed E-state index contributed by atoms with van der Waals surface area (Å²) in [5.74, 6) is 0.513. The maximum absolute atomic E-state index is 5.94. The lowest BCUT2D eigenvalue weighted by molar-refractivity contribution is 1.15. The molecule has 0 aliphatic heterocycles. The Labute approximate surface area is 157 Å². The van der Waals surface area contributed by atoms with Crippen LogP contribution in [0.5, 0.6) is 0 Å². The number of anilines is 2. The zero-order valence-electron chi connectivity index (χ0n) is 14.9. The normalized spacial score (nSPS) is 11.4. The number of benzene rings is 2. The van der Waals surface area contributed by atoms with Gasteiger partial charge in [0.2, 0.25) is 17.0 Å². The van der Waals surface area contributed by atoms with Crippen LogP contribution in [0.25, 0.3) is 10.9 Å². The number of thiocarbonyl (C=S) groups is 1. The van der Waals surface area contributed by atoms with E-state index in [2.05, 4.69) is 31.7 Å². The minimum Gasteiger partial charge on any atom is -0.369 e. The fourth-order valence-corrected chi connectivity index (χ4v) is 2.79. The minimum atomic E-state index is 0.126. The average molecular weight is 364 g/mol. The van der Waals surface area contributed by atoms with Crippen LogP contribution in [0.2, 0.25) is 0 Å². The second-order valence-electron chi connectivity index (χ2n) is 6.07. The number of aromatic nitrogens is 2. The molecule has 0 saturated carbocycles. The van der Waals surface area contributed by atoms with Gasteiger partial charge >= 0.3 is 0 Å². The Morgan fingerprint density at radius 2 is 1.77 bits per heavy atom. The molecule has 0 aliphatic rings. The number of aryl methyl sites for hydroxylation is 3. The van der Waals surface area contributed by atoms with Gasteiger partial charge in [0, 0.05) is 11.1 Å². The van der Waals surface area contributed by atoms with Crippen molar-refractivity contribution in [2.24, 2.45) is 10.7 Å². The fourth-order valence-electron chi connectivity index (χ4n) is 2.58. The molecule has 2 aromatic carbocycles. The second-order valence-corrected chi connectivity index (χ2v) is 6.46. The summed E-state index contributed by atoms with van der Waals surface area (Å²) in [7, 11) is 0. The number of guanidine groups is 1. The lowest BCUT2D eigenvalue weighted by Gasteiger charge is -2.09. The van der Waals surface area contributed by atoms with Gasteiger partial charge in [-0.15, -0.1) is 0 Å². The zero-order chi connectivity index (χ0) is 18.7. The highest BCUT2D eigenvalue weighted by Crippen LogP contribution is 2.18. The first-order valence-electron chi connectivity index (χ1n) is 8.14. The van der Waals surface area contributed by atoms with Crippen LogP contribution in [0, 0.1) is 20.8 Å². The van der Waals surface area contributed by atoms with Gasteiger partial charge < -0.3 is 11.1 Å². The summed E-state index contributed by atoms with van der Waals surface area (Å²) in [4.78, 5) is 13.1. The number of aliphatic imine (C=N–C) groups is 1. The number of nitrogens with two attached hydrogens (primary N) is 1. The molecule has 1 aromatic heterocycles. The molecule has 0 spiro atoms. The number of nitrogens with one attached hydrogen (secondary N) is 2. The SMILES string of the molecule is Cc1cccc(NC(=S)N=C(N)Nc2nc(C)c3cc(C)ccc3n2)c1. The van der Waals surface area contributed by atoms with Crippen LogP contribution < -0.4 is 16.4 Å². The number of rotatable bonds is 2. The van der Waals surface area contributed by atoms with Gasteiger partial charge in [-0.3, -0.25) is 5.32 Å². The molecule has 0 amide bonds. The summed E-state index contributed by atoms with van der Waals surface area (Å²) in [5, 5.41) is 7.20. The molecule has 6 nitrogen and oxygen atoms in total. The molecule has 0 saturated heterocycles. The smallest absolute Gasteiger partial charge is 0.230 e. The third kappa shape index (κ3) is 4.31. The standard InChI is InChI=1S/C19H20N6S/c1-11-5-4-6-14(9-11)22-19(26)25-17(20)24-18-21-13(3)15-10-12(2)7-8-16(15)23-18/h4-10H,1-3H3,(H4,20,21,22,23,24,25,26). The van der Waals surface area contributed by atoms with Crippen LogP contribution in [0.15, 0.2) is 47.5 Å². The third-order valence-corrected chi connectivity index (χ3v) is 3.97. The largest absolute Gasteiger partial charge is 0.369 e. The molecule has 0 radical (unpaired) electrons. The zero-order valence-corrected chi connectivity index (χ0v) is 15.7. The predicted octanol–water partition coefficient (Wildman–Crippen LogP) is 3.68. The van der Waals surface area contributed by atoms with E-state index in [1.54, 1.807) is 0 Å². The molecule has 0 aliphatic carbocycles. The van der Waals surface area contributed by atoms with Crippen molar-refractivity contribution in [3.63, 3.8) is 0 Å². The van der Waals surface area contributed by atoms with Gasteiger partial charge in [-0.05, 0) is 62.8 Å². The van der Waals surface area contributed by atoms with Gasteiger partial charge in [0.15, 0.2) is 0 Å². The molecule has 26 heavy (non-hydrogen) atoms. The summed E-state index contributed by atoms with van der Waals surface area (Å²) in [6.07, 6.45) is 0. The van der Waals surface area contributed by atoms with Gasteiger partial charge in [-0.25, -0.2) is 9.97 Å². The van der Waals surface area contributed by atoms with Crippen molar-refractivity contribution in [2.45, 2.75) is 20.8 Å². The van der Waals surface area contributed by atoms with Crippen LogP contribution in [0.1, 0.15) is 16.8 Å². The first-order chi connectivity index (χ1) is 12.4. The molecule has 4 N–H and O–H groups in total. The molecular weight excluding hydrogens is 344 g/mol. The second kappa shape index (κ2) is 7.45. The fraction of sp³-hybridized carbons (Fsp3) is 0.158. The van der Waals surface area contributed by atoms with Gasteiger partial charge in [0.1, 0.15) is 0 Å². The molecule has 0 atom stereocenters. The number of hydrogen-bond acceptors (Lipinski definition) is 3. The van der Waals surface area contributed by atoms with Crippen molar-refractivity contribution >= 4 is 45.8 Å². The van der Waals surface area contributed by atoms with Crippen molar-refractivity contribution in [3.8, 4) is 0 Å². The van der Waals surface area contributed by atoms with Crippen molar-refractivity contribution in [1.29, 1.82) is 0 Å². The van der Waals surface area contributed by atoms with E-state index in [4.69, 9.17) is 18.0 Å². The van der Waals surface area contributed by atoms with E-state index in [9.17, 15) is 0 Å². The van der Waals surface area contributed by atoms with E-state index in [-0.39, 0.29) is 11.1 Å². The van der Waals surface area contributed by atoms with Crippen molar-refractivity contribution in [2.75, 3.05) is 10.6 Å². The van der Waals surface area contributed by atoms with E-state index in [0.717, 1.165) is 27.8 Å². The molecule has 0 unspecified atom stereocenters. The summed E-state index contributed by atoms with van der Waals surface area (Å²) < 4.78 is 0. The summed E-state index contributed by atoms with van der Waals surface area (Å²) in [6.45, 7) is 5.98. The Hall–Kier alpha value is -3.06. The topological polar surface area (TPSA) is 88.2 Å². The molecular formula is C19H20N6S. The first-order valence-corrected chi connectivity index (χ1v) is 8.55. The first kappa shape index (κ1) is 17.8. The van der Waals surface area contributed by atoms with Gasteiger partial charge in [0.25, 0.3) is 0 Å². The summed E-state index contributed by atoms with van der Waals surface area (Å²) >= 11 is 5.23. The summed E-state index contributed by atoms with van der Waals surface area (Å²) in [5.41, 5.74) is 10.8. The van der Waals surface area contributed by atoms with Gasteiger partial charge in [-0.2, -0.15) is 4.99 Å². The highest BCUT2D eigenvalue weighted by atomic mass is 32.1. The van der Waals surface area contributed by atoms with Crippen LogP contribution in [-0.2, 0) is 0 Å². The molecule has 0 fully saturated rings. The number of nitrogens with zero attached hydrogens (tertiary/aromatic N) is 3. The molecule has 0 bridgehead atoms. The predicted molar refractivity (Wildman–Crippen MR) is 112 cm³/mol. The van der Waals surface area contributed by atoms with E-state index in [0.29, 0.717) is 5.95 Å². The molecule has 7 heteroatoms. The van der Waals surface area contributed by atoms with E-state index >= 15 is 0 Å². The Morgan fingerprint density at radius 3 is 2.54 bits per heavy atom. The van der Waals surface area contributed by atoms with Gasteiger partial charge in [-0.1, -0.05) is 23.8 Å². The van der Waals surface area contributed by atoms with E-state index < -0.39 is 0 Å². The molecule has 132 valence electrons. The Balaban J connectivity index is 1.75. The molecule has 3 aromatic rings. The highest BCUT2D eigenvalue weighted by molar-refractivity contribution is 7.80. The number of hydrogen-bond donors (Lipinski definition) is 3. The van der Waals surface area contributed by atoms with Crippen molar-refractivity contribution < 1.29 is 0 Å². The highest BCUT2D eigenvalue weighted by Gasteiger charge is 2.06. The van der Waals surface area contributed by atoms with Crippen LogP contribution >= 0.6 is 12.2 Å². The van der Waals surface area contributed by atoms with Crippen molar-refractivity contribution in [1.82, 2.24) is 9.97 Å². The van der Waals surface area contributed by atoms with E-state index in [1.165, 1.54) is 5.56 Å². The Kier molecular flexibility index (Phi) is 5.09. The molecule has 3 rings (SSSR count). The number of fused-ring (bicyclic) bond motifs is 1. The molecule has 1 heterocycles. The Bertz CT molecular complexity index is 1010. The minimum absolute atomic E-state index is 0.126. The van der Waals surface area contributed by atoms with E-state index in [1.807, 2.05) is 57.2 Å². The summed E-state index contributed by atoms with van der Waals surface area (Å²) in [6, 6.07) is 13.9. The third-order valence-electron chi connectivity index (χ3n) is 3.77. The monoisotopic (exact) mass is 364 g/mol. The van der Waals surface area contributed by atoms with Crippen LogP contribution in [-0.4, -0.2) is 21.0 Å². The maximum atomic E-state index is 5.94.